The predicted octanol–water partition coefficient (Wildman–Crippen LogP) is 2.98. The van der Waals surface area contributed by atoms with Gasteiger partial charge in [-0.2, -0.15) is 0 Å². The number of ether oxygens (including phenoxy) is 5. The van der Waals surface area contributed by atoms with E-state index in [1.54, 1.807) is 0 Å². The van der Waals surface area contributed by atoms with Crippen molar-refractivity contribution in [2.24, 2.45) is 0 Å². The molecule has 0 bridgehead atoms. The van der Waals surface area contributed by atoms with Crippen LogP contribution in [-0.4, -0.2) is 65.9 Å². The van der Waals surface area contributed by atoms with Gasteiger partial charge in [0.15, 0.2) is 0 Å². The van der Waals surface area contributed by atoms with Crippen molar-refractivity contribution in [2.45, 2.75) is 51.9 Å². The number of carbonyl (C=O) groups is 1. The van der Waals surface area contributed by atoms with Gasteiger partial charge in [0.25, 0.3) is 0 Å². The molecule has 0 radical (unpaired) electrons. The fraction of sp³-hybridized carbons (Fsp3) is 0.944. The number of esters is 1. The highest BCUT2D eigenvalue weighted by Crippen LogP contribution is 2.04. The third kappa shape index (κ3) is 19.4. The Morgan fingerprint density at radius 3 is 1.62 bits per heavy atom. The maximum Gasteiger partial charge on any atom is 0.307 e. The standard InChI is InChI=1S/C18H36O6/c1-3-4-5-6-7-8-10-21-12-14-23-16-17-24-15-13-22-11-9-18(19)20-2/h3-17H2,1-2H3. The van der Waals surface area contributed by atoms with Crippen LogP contribution in [-0.2, 0) is 28.5 Å². The van der Waals surface area contributed by atoms with Gasteiger partial charge in [-0.15, -0.1) is 0 Å². The highest BCUT2D eigenvalue weighted by Gasteiger charge is 1.99. The van der Waals surface area contributed by atoms with Crippen LogP contribution in [0.25, 0.3) is 0 Å². The molecule has 6 heteroatoms. The van der Waals surface area contributed by atoms with E-state index in [9.17, 15) is 4.79 Å². The fourth-order valence-corrected chi connectivity index (χ4v) is 2.00. The Balaban J connectivity index is 2.99. The Hall–Kier alpha value is -0.690. The summed E-state index contributed by atoms with van der Waals surface area (Å²) in [5.74, 6) is -0.261. The van der Waals surface area contributed by atoms with E-state index in [1.165, 1.54) is 39.2 Å². The molecule has 0 N–H and O–H groups in total. The molecule has 0 aromatic heterocycles. The van der Waals surface area contributed by atoms with Crippen molar-refractivity contribution in [3.05, 3.63) is 0 Å². The normalized spacial score (nSPS) is 10.9. The topological polar surface area (TPSA) is 63.2 Å². The Labute approximate surface area is 147 Å². The Morgan fingerprint density at radius 2 is 1.08 bits per heavy atom. The summed E-state index contributed by atoms with van der Waals surface area (Å²) in [4.78, 5) is 10.8. The van der Waals surface area contributed by atoms with Crippen molar-refractivity contribution in [1.82, 2.24) is 0 Å². The summed E-state index contributed by atoms with van der Waals surface area (Å²) >= 11 is 0. The fourth-order valence-electron chi connectivity index (χ4n) is 2.00. The lowest BCUT2D eigenvalue weighted by Crippen LogP contribution is -2.13. The Bertz CT molecular complexity index is 260. The molecule has 0 aliphatic rings. The van der Waals surface area contributed by atoms with Crippen molar-refractivity contribution < 1.29 is 28.5 Å². The van der Waals surface area contributed by atoms with E-state index in [2.05, 4.69) is 11.7 Å². The molecule has 0 aromatic rings. The second-order valence-electron chi connectivity index (χ2n) is 5.54. The summed E-state index contributed by atoms with van der Waals surface area (Å²) in [6.07, 6.45) is 7.97. The molecular weight excluding hydrogens is 312 g/mol. The molecule has 24 heavy (non-hydrogen) atoms. The van der Waals surface area contributed by atoms with Crippen LogP contribution in [0.15, 0.2) is 0 Å². The maximum atomic E-state index is 10.8. The molecule has 0 spiro atoms. The molecule has 0 aliphatic carbocycles. The van der Waals surface area contributed by atoms with Gasteiger partial charge in [-0.25, -0.2) is 0 Å². The van der Waals surface area contributed by atoms with Crippen molar-refractivity contribution in [3.63, 3.8) is 0 Å². The van der Waals surface area contributed by atoms with Crippen molar-refractivity contribution in [3.8, 4) is 0 Å². The van der Waals surface area contributed by atoms with Gasteiger partial charge in [0.1, 0.15) is 0 Å². The summed E-state index contributed by atoms with van der Waals surface area (Å²) < 4.78 is 26.0. The Kier molecular flexibility index (Phi) is 19.8. The third-order valence-corrected chi connectivity index (χ3v) is 3.44. The lowest BCUT2D eigenvalue weighted by atomic mass is 10.1. The molecule has 0 aliphatic heterocycles. The predicted molar refractivity (Wildman–Crippen MR) is 93.3 cm³/mol. The van der Waals surface area contributed by atoms with Crippen LogP contribution in [0.2, 0.25) is 0 Å². The minimum absolute atomic E-state index is 0.261. The smallest absolute Gasteiger partial charge is 0.307 e. The van der Waals surface area contributed by atoms with Crippen LogP contribution in [0.5, 0.6) is 0 Å². The first-order valence-corrected chi connectivity index (χ1v) is 9.19. The molecule has 144 valence electrons. The van der Waals surface area contributed by atoms with E-state index >= 15 is 0 Å². The van der Waals surface area contributed by atoms with Crippen LogP contribution in [0.4, 0.5) is 0 Å². The lowest BCUT2D eigenvalue weighted by Gasteiger charge is -2.07. The average Bonchev–Trinajstić information content (AvgIpc) is 2.60. The Morgan fingerprint density at radius 1 is 0.625 bits per heavy atom. The third-order valence-electron chi connectivity index (χ3n) is 3.44. The number of unbranched alkanes of at least 4 members (excludes halogenated alkanes) is 5. The molecule has 0 aromatic carbocycles. The molecule has 0 saturated carbocycles. The van der Waals surface area contributed by atoms with Crippen molar-refractivity contribution >= 4 is 5.97 Å². The van der Waals surface area contributed by atoms with Crippen LogP contribution < -0.4 is 0 Å². The van der Waals surface area contributed by atoms with E-state index < -0.39 is 0 Å². The molecule has 6 nitrogen and oxygen atoms in total. The molecular formula is C18H36O6. The maximum absolute atomic E-state index is 10.8. The van der Waals surface area contributed by atoms with Crippen LogP contribution >= 0.6 is 0 Å². The second-order valence-corrected chi connectivity index (χ2v) is 5.54. The zero-order valence-electron chi connectivity index (χ0n) is 15.6. The molecule has 0 saturated heterocycles. The first-order chi connectivity index (χ1) is 11.8. The first kappa shape index (κ1) is 23.3. The number of rotatable bonds is 19. The van der Waals surface area contributed by atoms with Gasteiger partial charge in [-0.05, 0) is 6.42 Å². The summed E-state index contributed by atoms with van der Waals surface area (Å²) in [6, 6.07) is 0. The van der Waals surface area contributed by atoms with Gasteiger partial charge < -0.3 is 23.7 Å². The van der Waals surface area contributed by atoms with Gasteiger partial charge in [-0.1, -0.05) is 39.0 Å². The summed E-state index contributed by atoms with van der Waals surface area (Å²) in [5, 5.41) is 0. The van der Waals surface area contributed by atoms with Crippen LogP contribution in [0.1, 0.15) is 51.9 Å². The molecule has 0 atom stereocenters. The number of hydrogen-bond donors (Lipinski definition) is 0. The van der Waals surface area contributed by atoms with Crippen molar-refractivity contribution in [2.75, 3.05) is 60.0 Å². The van der Waals surface area contributed by atoms with Gasteiger partial charge >= 0.3 is 5.97 Å². The van der Waals surface area contributed by atoms with Crippen LogP contribution in [0.3, 0.4) is 0 Å². The van der Waals surface area contributed by atoms with E-state index in [4.69, 9.17) is 18.9 Å². The first-order valence-electron chi connectivity index (χ1n) is 9.19. The van der Waals surface area contributed by atoms with E-state index in [0.29, 0.717) is 46.2 Å². The van der Waals surface area contributed by atoms with Gasteiger partial charge in [-0.3, -0.25) is 4.79 Å². The summed E-state index contributed by atoms with van der Waals surface area (Å²) in [7, 11) is 1.37. The lowest BCUT2D eigenvalue weighted by molar-refractivity contribution is -0.141. The number of hydrogen-bond acceptors (Lipinski definition) is 6. The average molecular weight is 348 g/mol. The van der Waals surface area contributed by atoms with E-state index in [-0.39, 0.29) is 12.4 Å². The zero-order chi connectivity index (χ0) is 17.7. The molecule has 0 heterocycles. The van der Waals surface area contributed by atoms with E-state index in [0.717, 1.165) is 13.0 Å². The summed E-state index contributed by atoms with van der Waals surface area (Å²) in [6.45, 7) is 6.74. The highest BCUT2D eigenvalue weighted by molar-refractivity contribution is 5.69. The van der Waals surface area contributed by atoms with E-state index in [1.807, 2.05) is 0 Å². The molecule has 0 amide bonds. The highest BCUT2D eigenvalue weighted by atomic mass is 16.6. The molecule has 0 rings (SSSR count). The van der Waals surface area contributed by atoms with Gasteiger partial charge in [0.05, 0.1) is 59.8 Å². The number of carbonyl (C=O) groups excluding carboxylic acids is 1. The van der Waals surface area contributed by atoms with Crippen molar-refractivity contribution in [1.29, 1.82) is 0 Å². The zero-order valence-corrected chi connectivity index (χ0v) is 15.6. The monoisotopic (exact) mass is 348 g/mol. The quantitative estimate of drug-likeness (QED) is 0.264. The second kappa shape index (κ2) is 20.4. The molecule has 0 fully saturated rings. The van der Waals surface area contributed by atoms with Gasteiger partial charge in [0.2, 0.25) is 0 Å². The largest absolute Gasteiger partial charge is 0.469 e. The minimum Gasteiger partial charge on any atom is -0.469 e. The van der Waals surface area contributed by atoms with Crippen LogP contribution in [0, 0.1) is 0 Å². The SMILES string of the molecule is CCCCCCCCOCCOCCOCCOCCC(=O)OC. The number of methoxy groups -OCH3 is 1. The minimum atomic E-state index is -0.261. The van der Waals surface area contributed by atoms with Gasteiger partial charge in [0, 0.05) is 6.61 Å². The molecule has 0 unspecified atom stereocenters. The summed E-state index contributed by atoms with van der Waals surface area (Å²) in [5.41, 5.74) is 0.